The van der Waals surface area contributed by atoms with Gasteiger partial charge >= 0.3 is 0 Å². The molecule has 0 aromatic heterocycles. The van der Waals surface area contributed by atoms with Crippen LogP contribution in [0.1, 0.15) is 11.7 Å². The van der Waals surface area contributed by atoms with E-state index in [0.29, 0.717) is 10.6 Å². The van der Waals surface area contributed by atoms with Crippen molar-refractivity contribution in [3.05, 3.63) is 34.9 Å². The van der Waals surface area contributed by atoms with E-state index in [-0.39, 0.29) is 13.1 Å². The van der Waals surface area contributed by atoms with E-state index in [1.165, 1.54) is 0 Å². The highest BCUT2D eigenvalue weighted by Crippen LogP contribution is 2.15. The lowest BCUT2D eigenvalue weighted by molar-refractivity contribution is -0.00462. The van der Waals surface area contributed by atoms with Gasteiger partial charge in [-0.3, -0.25) is 0 Å². The van der Waals surface area contributed by atoms with Crippen LogP contribution >= 0.6 is 11.6 Å². The van der Waals surface area contributed by atoms with E-state index in [1.807, 2.05) is 0 Å². The first-order valence-corrected chi connectivity index (χ1v) is 5.49. The molecule has 0 aliphatic carbocycles. The average Bonchev–Trinajstić information content (AvgIpc) is 2.29. The lowest BCUT2D eigenvalue weighted by Gasteiger charge is -2.14. The molecular formula is C11H14ClF2NO2. The summed E-state index contributed by atoms with van der Waals surface area (Å²) in [4.78, 5) is 0. The number of aliphatic hydroxyl groups excluding tert-OH is 2. The number of alkyl halides is 2. The van der Waals surface area contributed by atoms with Crippen molar-refractivity contribution >= 4 is 11.6 Å². The van der Waals surface area contributed by atoms with Gasteiger partial charge in [0.05, 0.1) is 6.10 Å². The largest absolute Gasteiger partial charge is 0.387 e. The first kappa shape index (κ1) is 14.3. The van der Waals surface area contributed by atoms with Crippen LogP contribution in [0.3, 0.4) is 0 Å². The molecule has 3 N–H and O–H groups in total. The van der Waals surface area contributed by atoms with E-state index in [2.05, 4.69) is 5.32 Å². The van der Waals surface area contributed by atoms with Gasteiger partial charge in [-0.15, -0.1) is 0 Å². The lowest BCUT2D eigenvalue weighted by Crippen LogP contribution is -2.34. The summed E-state index contributed by atoms with van der Waals surface area (Å²) in [7, 11) is 0. The molecule has 0 aliphatic heterocycles. The molecule has 17 heavy (non-hydrogen) atoms. The molecule has 3 nitrogen and oxygen atoms in total. The Morgan fingerprint density at radius 3 is 2.24 bits per heavy atom. The lowest BCUT2D eigenvalue weighted by atomic mass is 10.1. The minimum atomic E-state index is -2.78. The molecule has 1 aromatic carbocycles. The Balaban J connectivity index is 2.34. The quantitative estimate of drug-likeness (QED) is 0.732. The second-order valence-electron chi connectivity index (χ2n) is 3.63. The van der Waals surface area contributed by atoms with Gasteiger partial charge in [-0.2, -0.15) is 0 Å². The van der Waals surface area contributed by atoms with Crippen LogP contribution in [0, 0.1) is 0 Å². The maximum absolute atomic E-state index is 12.0. The Morgan fingerprint density at radius 2 is 1.71 bits per heavy atom. The summed E-state index contributed by atoms with van der Waals surface area (Å²) in [6.07, 6.45) is -5.32. The molecule has 2 atom stereocenters. The first-order valence-electron chi connectivity index (χ1n) is 5.11. The van der Waals surface area contributed by atoms with Gasteiger partial charge in [0.15, 0.2) is 0 Å². The van der Waals surface area contributed by atoms with Crippen LogP contribution in [-0.2, 0) is 0 Å². The number of benzene rings is 1. The van der Waals surface area contributed by atoms with Crippen molar-refractivity contribution in [2.24, 2.45) is 0 Å². The molecule has 0 heterocycles. The van der Waals surface area contributed by atoms with E-state index in [4.69, 9.17) is 16.7 Å². The molecule has 1 aromatic rings. The monoisotopic (exact) mass is 265 g/mol. The number of rotatable bonds is 6. The van der Waals surface area contributed by atoms with Crippen molar-refractivity contribution in [1.82, 2.24) is 5.32 Å². The minimum Gasteiger partial charge on any atom is -0.387 e. The molecule has 6 heteroatoms. The molecule has 0 fully saturated rings. The summed E-state index contributed by atoms with van der Waals surface area (Å²) >= 11 is 5.68. The summed E-state index contributed by atoms with van der Waals surface area (Å²) in [5, 5.41) is 21.6. The standard InChI is InChI=1S/C11H14ClF2NO2/c12-8-3-1-7(2-4-8)9(16)5-15-6-10(17)11(13)14/h1-4,9-11,15-17H,5-6H2. The predicted octanol–water partition coefficient (Wildman–Crippen LogP) is 1.59. The van der Waals surface area contributed by atoms with Crippen LogP contribution in [0.25, 0.3) is 0 Å². The van der Waals surface area contributed by atoms with Crippen LogP contribution in [0.5, 0.6) is 0 Å². The fourth-order valence-electron chi connectivity index (χ4n) is 1.26. The minimum absolute atomic E-state index is 0.0887. The Bertz CT molecular complexity index is 335. The van der Waals surface area contributed by atoms with E-state index in [0.717, 1.165) is 0 Å². The van der Waals surface area contributed by atoms with Gasteiger partial charge in [0.1, 0.15) is 6.10 Å². The van der Waals surface area contributed by atoms with Crippen molar-refractivity contribution in [2.75, 3.05) is 13.1 Å². The van der Waals surface area contributed by atoms with E-state index >= 15 is 0 Å². The molecule has 0 bridgehead atoms. The fourth-order valence-corrected chi connectivity index (χ4v) is 1.39. The van der Waals surface area contributed by atoms with Crippen molar-refractivity contribution in [1.29, 1.82) is 0 Å². The van der Waals surface area contributed by atoms with Crippen LogP contribution in [0.2, 0.25) is 5.02 Å². The Hall–Kier alpha value is -0.750. The van der Waals surface area contributed by atoms with Crippen LogP contribution in [0.4, 0.5) is 8.78 Å². The summed E-state index contributed by atoms with van der Waals surface area (Å²) < 4.78 is 23.9. The molecule has 0 saturated heterocycles. The molecule has 0 aliphatic rings. The third kappa shape index (κ3) is 4.95. The number of nitrogens with one attached hydrogen (secondary N) is 1. The summed E-state index contributed by atoms with van der Waals surface area (Å²) in [5.41, 5.74) is 0.633. The molecule has 0 amide bonds. The Morgan fingerprint density at radius 1 is 1.12 bits per heavy atom. The van der Waals surface area contributed by atoms with Gasteiger partial charge in [0.2, 0.25) is 0 Å². The topological polar surface area (TPSA) is 52.5 Å². The number of hydrogen-bond acceptors (Lipinski definition) is 3. The number of halogens is 3. The number of aliphatic hydroxyl groups is 2. The fraction of sp³-hybridized carbons (Fsp3) is 0.455. The number of hydrogen-bond donors (Lipinski definition) is 3. The molecule has 96 valence electrons. The SMILES string of the molecule is OC(CNCC(O)C(F)F)c1ccc(Cl)cc1. The second kappa shape index (κ2) is 6.86. The van der Waals surface area contributed by atoms with Gasteiger partial charge in [-0.1, -0.05) is 23.7 Å². The van der Waals surface area contributed by atoms with E-state index < -0.39 is 18.6 Å². The third-order valence-electron chi connectivity index (χ3n) is 2.24. The summed E-state index contributed by atoms with van der Waals surface area (Å²) in [5.74, 6) is 0. The van der Waals surface area contributed by atoms with Gasteiger partial charge in [-0.25, -0.2) is 8.78 Å². The van der Waals surface area contributed by atoms with Crippen LogP contribution in [-0.4, -0.2) is 35.8 Å². The molecule has 0 radical (unpaired) electrons. The highest BCUT2D eigenvalue weighted by molar-refractivity contribution is 6.30. The Kier molecular flexibility index (Phi) is 5.77. The van der Waals surface area contributed by atoms with Crippen LogP contribution < -0.4 is 5.32 Å². The highest BCUT2D eigenvalue weighted by Gasteiger charge is 2.16. The average molecular weight is 266 g/mol. The van der Waals surface area contributed by atoms with Crippen molar-refractivity contribution in [2.45, 2.75) is 18.6 Å². The van der Waals surface area contributed by atoms with Crippen LogP contribution in [0.15, 0.2) is 24.3 Å². The zero-order chi connectivity index (χ0) is 12.8. The maximum Gasteiger partial charge on any atom is 0.265 e. The normalized spacial score (nSPS) is 14.9. The van der Waals surface area contributed by atoms with Gasteiger partial charge < -0.3 is 15.5 Å². The predicted molar refractivity (Wildman–Crippen MR) is 61.3 cm³/mol. The zero-order valence-electron chi connectivity index (χ0n) is 8.98. The smallest absolute Gasteiger partial charge is 0.265 e. The second-order valence-corrected chi connectivity index (χ2v) is 4.06. The summed E-state index contributed by atoms with van der Waals surface area (Å²) in [6, 6.07) is 6.57. The van der Waals surface area contributed by atoms with Crippen molar-refractivity contribution in [3.63, 3.8) is 0 Å². The maximum atomic E-state index is 12.0. The Labute approximate surface area is 103 Å². The van der Waals surface area contributed by atoms with E-state index in [9.17, 15) is 13.9 Å². The van der Waals surface area contributed by atoms with Crippen molar-refractivity contribution < 1.29 is 19.0 Å². The highest BCUT2D eigenvalue weighted by atomic mass is 35.5. The molecular weight excluding hydrogens is 252 g/mol. The van der Waals surface area contributed by atoms with Gasteiger partial charge in [0, 0.05) is 18.1 Å². The van der Waals surface area contributed by atoms with Gasteiger partial charge in [-0.05, 0) is 17.7 Å². The molecule has 0 saturated carbocycles. The molecule has 1 rings (SSSR count). The third-order valence-corrected chi connectivity index (χ3v) is 2.49. The molecule has 2 unspecified atom stereocenters. The zero-order valence-corrected chi connectivity index (χ0v) is 9.74. The van der Waals surface area contributed by atoms with E-state index in [1.54, 1.807) is 24.3 Å². The van der Waals surface area contributed by atoms with Gasteiger partial charge in [0.25, 0.3) is 6.43 Å². The summed E-state index contributed by atoms with van der Waals surface area (Å²) in [6.45, 7) is -0.173. The first-order chi connectivity index (χ1) is 8.00. The molecule has 0 spiro atoms. The van der Waals surface area contributed by atoms with Crippen molar-refractivity contribution in [3.8, 4) is 0 Å².